The molecule has 0 unspecified atom stereocenters. The van der Waals surface area contributed by atoms with Crippen molar-refractivity contribution in [2.45, 2.75) is 26.7 Å². The largest absolute Gasteiger partial charge is 0.339 e. The number of rotatable bonds is 5. The van der Waals surface area contributed by atoms with Gasteiger partial charge in [0.25, 0.3) is 5.91 Å². The van der Waals surface area contributed by atoms with Crippen molar-refractivity contribution in [1.29, 1.82) is 0 Å². The van der Waals surface area contributed by atoms with Gasteiger partial charge in [0.05, 0.1) is 0 Å². The van der Waals surface area contributed by atoms with Gasteiger partial charge >= 0.3 is 0 Å². The number of carbonyl (C=O) groups excluding carboxylic acids is 1. The quantitative estimate of drug-likeness (QED) is 0.785. The fourth-order valence-corrected chi connectivity index (χ4v) is 2.24. The molecule has 1 aromatic carbocycles. The summed E-state index contributed by atoms with van der Waals surface area (Å²) in [6.07, 6.45) is 1.89. The Kier molecular flexibility index (Phi) is 5.79. The lowest BCUT2D eigenvalue weighted by Crippen LogP contribution is -2.32. The smallest absolute Gasteiger partial charge is 0.253 e. The highest BCUT2D eigenvalue weighted by atomic mass is 35.5. The number of nitrogens with zero attached hydrogens (tertiary/aromatic N) is 1. The minimum atomic E-state index is -0.00176. The van der Waals surface area contributed by atoms with Crippen molar-refractivity contribution in [2.75, 3.05) is 13.1 Å². The van der Waals surface area contributed by atoms with Gasteiger partial charge in [0, 0.05) is 28.7 Å². The third kappa shape index (κ3) is 4.21. The van der Waals surface area contributed by atoms with Crippen LogP contribution in [0.4, 0.5) is 0 Å². The molecular weight excluding hydrogens is 257 g/mol. The van der Waals surface area contributed by atoms with Gasteiger partial charge < -0.3 is 4.90 Å². The molecule has 1 rings (SSSR count). The third-order valence-corrected chi connectivity index (χ3v) is 2.82. The van der Waals surface area contributed by atoms with Crippen LogP contribution in [0, 0.1) is 0 Å². The van der Waals surface area contributed by atoms with E-state index in [4.69, 9.17) is 23.2 Å². The highest BCUT2D eigenvalue weighted by molar-refractivity contribution is 6.35. The Balaban J connectivity index is 2.92. The molecule has 2 nitrogen and oxygen atoms in total. The van der Waals surface area contributed by atoms with Crippen molar-refractivity contribution >= 4 is 29.1 Å². The fraction of sp³-hybridized carbons (Fsp3) is 0.462. The van der Waals surface area contributed by atoms with E-state index in [1.54, 1.807) is 18.2 Å². The molecule has 17 heavy (non-hydrogen) atoms. The molecule has 0 fully saturated rings. The van der Waals surface area contributed by atoms with Gasteiger partial charge in [0.15, 0.2) is 0 Å². The molecule has 4 heteroatoms. The molecule has 0 spiro atoms. The first-order valence-corrected chi connectivity index (χ1v) is 6.59. The summed E-state index contributed by atoms with van der Waals surface area (Å²) in [7, 11) is 0. The molecule has 0 aliphatic carbocycles. The van der Waals surface area contributed by atoms with Crippen LogP contribution in [0.25, 0.3) is 0 Å². The van der Waals surface area contributed by atoms with Crippen LogP contribution in [0.5, 0.6) is 0 Å². The second-order valence-corrected chi connectivity index (χ2v) is 4.82. The first-order chi connectivity index (χ1) is 8.08. The van der Waals surface area contributed by atoms with Gasteiger partial charge in [-0.15, -0.1) is 0 Å². The monoisotopic (exact) mass is 273 g/mol. The summed E-state index contributed by atoms with van der Waals surface area (Å²) in [6, 6.07) is 4.95. The van der Waals surface area contributed by atoms with E-state index in [0.717, 1.165) is 25.9 Å². The second-order valence-electron chi connectivity index (χ2n) is 3.95. The maximum Gasteiger partial charge on any atom is 0.253 e. The predicted molar refractivity (Wildman–Crippen MR) is 72.9 cm³/mol. The van der Waals surface area contributed by atoms with Crippen LogP contribution in [0.1, 0.15) is 37.0 Å². The highest BCUT2D eigenvalue weighted by Gasteiger charge is 2.15. The summed E-state index contributed by atoms with van der Waals surface area (Å²) in [4.78, 5) is 14.1. The zero-order valence-corrected chi connectivity index (χ0v) is 11.7. The Bertz CT molecular complexity index is 367. The number of hydrogen-bond acceptors (Lipinski definition) is 1. The molecule has 0 saturated heterocycles. The molecule has 0 radical (unpaired) electrons. The Morgan fingerprint density at radius 1 is 1.06 bits per heavy atom. The summed E-state index contributed by atoms with van der Waals surface area (Å²) in [5.41, 5.74) is 0.560. The Morgan fingerprint density at radius 2 is 1.53 bits per heavy atom. The van der Waals surface area contributed by atoms with Crippen LogP contribution in [-0.2, 0) is 0 Å². The summed E-state index contributed by atoms with van der Waals surface area (Å²) >= 11 is 11.8. The summed E-state index contributed by atoms with van der Waals surface area (Å²) < 4.78 is 0. The minimum absolute atomic E-state index is 0.00176. The Morgan fingerprint density at radius 3 is 1.94 bits per heavy atom. The van der Waals surface area contributed by atoms with E-state index in [1.807, 2.05) is 4.90 Å². The van der Waals surface area contributed by atoms with E-state index in [1.165, 1.54) is 0 Å². The maximum absolute atomic E-state index is 12.2. The molecule has 0 aliphatic rings. The normalized spacial score (nSPS) is 10.4. The standard InChI is InChI=1S/C13H17Cl2NO/c1-3-5-16(6-4-2)13(17)10-7-11(14)9-12(15)8-10/h7-9H,3-6H2,1-2H3. The van der Waals surface area contributed by atoms with E-state index < -0.39 is 0 Å². The van der Waals surface area contributed by atoms with Crippen molar-refractivity contribution in [3.63, 3.8) is 0 Å². The van der Waals surface area contributed by atoms with Gasteiger partial charge in [-0.3, -0.25) is 4.79 Å². The molecule has 0 saturated carbocycles. The zero-order valence-electron chi connectivity index (χ0n) is 10.2. The van der Waals surface area contributed by atoms with Crippen molar-refractivity contribution < 1.29 is 4.79 Å². The van der Waals surface area contributed by atoms with E-state index in [-0.39, 0.29) is 5.91 Å². The van der Waals surface area contributed by atoms with Crippen LogP contribution in [0.2, 0.25) is 10.0 Å². The van der Waals surface area contributed by atoms with Crippen molar-refractivity contribution in [2.24, 2.45) is 0 Å². The lowest BCUT2D eigenvalue weighted by molar-refractivity contribution is 0.0755. The number of halogens is 2. The first kappa shape index (κ1) is 14.3. The Hall–Kier alpha value is -0.730. The minimum Gasteiger partial charge on any atom is -0.339 e. The van der Waals surface area contributed by atoms with Gasteiger partial charge in [-0.25, -0.2) is 0 Å². The summed E-state index contributed by atoms with van der Waals surface area (Å²) in [5, 5.41) is 0.989. The van der Waals surface area contributed by atoms with Crippen LogP contribution < -0.4 is 0 Å². The molecular formula is C13H17Cl2NO. The zero-order chi connectivity index (χ0) is 12.8. The van der Waals surface area contributed by atoms with E-state index >= 15 is 0 Å². The van der Waals surface area contributed by atoms with Gasteiger partial charge in [-0.1, -0.05) is 37.0 Å². The van der Waals surface area contributed by atoms with E-state index in [0.29, 0.717) is 15.6 Å². The maximum atomic E-state index is 12.2. The lowest BCUT2D eigenvalue weighted by Gasteiger charge is -2.21. The van der Waals surface area contributed by atoms with Gasteiger partial charge in [0.1, 0.15) is 0 Å². The van der Waals surface area contributed by atoms with Crippen molar-refractivity contribution in [3.05, 3.63) is 33.8 Å². The number of hydrogen-bond donors (Lipinski definition) is 0. The molecule has 0 atom stereocenters. The van der Waals surface area contributed by atoms with Crippen LogP contribution in [0.15, 0.2) is 18.2 Å². The average molecular weight is 274 g/mol. The number of amides is 1. The molecule has 0 bridgehead atoms. The molecule has 0 heterocycles. The van der Waals surface area contributed by atoms with E-state index in [2.05, 4.69) is 13.8 Å². The number of benzene rings is 1. The van der Waals surface area contributed by atoms with Gasteiger partial charge in [-0.05, 0) is 31.0 Å². The average Bonchev–Trinajstić information content (AvgIpc) is 2.26. The van der Waals surface area contributed by atoms with Crippen LogP contribution in [0.3, 0.4) is 0 Å². The summed E-state index contributed by atoms with van der Waals surface area (Å²) in [5.74, 6) is -0.00176. The summed E-state index contributed by atoms with van der Waals surface area (Å²) in [6.45, 7) is 5.63. The van der Waals surface area contributed by atoms with Crippen molar-refractivity contribution in [3.8, 4) is 0 Å². The van der Waals surface area contributed by atoms with E-state index in [9.17, 15) is 4.79 Å². The Labute approximate surface area is 113 Å². The SMILES string of the molecule is CCCN(CCC)C(=O)c1cc(Cl)cc(Cl)c1. The predicted octanol–water partition coefficient (Wildman–Crippen LogP) is 4.26. The lowest BCUT2D eigenvalue weighted by atomic mass is 10.2. The van der Waals surface area contributed by atoms with Gasteiger partial charge in [0.2, 0.25) is 0 Å². The fourth-order valence-electron chi connectivity index (χ4n) is 1.71. The molecule has 0 aliphatic heterocycles. The van der Waals surface area contributed by atoms with Crippen LogP contribution >= 0.6 is 23.2 Å². The molecule has 1 amide bonds. The molecule has 94 valence electrons. The number of carbonyl (C=O) groups is 1. The molecule has 0 N–H and O–H groups in total. The van der Waals surface area contributed by atoms with Crippen molar-refractivity contribution in [1.82, 2.24) is 4.90 Å². The second kappa shape index (κ2) is 6.87. The highest BCUT2D eigenvalue weighted by Crippen LogP contribution is 2.20. The topological polar surface area (TPSA) is 20.3 Å². The van der Waals surface area contributed by atoms with Crippen LogP contribution in [-0.4, -0.2) is 23.9 Å². The third-order valence-electron chi connectivity index (χ3n) is 2.38. The molecule has 1 aromatic rings. The molecule has 0 aromatic heterocycles. The van der Waals surface area contributed by atoms with Gasteiger partial charge in [-0.2, -0.15) is 0 Å². The first-order valence-electron chi connectivity index (χ1n) is 5.83.